The lowest BCUT2D eigenvalue weighted by molar-refractivity contribution is -0.384. The van der Waals surface area contributed by atoms with E-state index in [4.69, 9.17) is 12.2 Å². The molecule has 27 heavy (non-hydrogen) atoms. The normalized spacial score (nSPS) is 10.9. The number of carbonyl (C=O) groups is 1. The molecule has 138 valence electrons. The molecule has 0 amide bonds. The van der Waals surface area contributed by atoms with Crippen LogP contribution in [0.3, 0.4) is 0 Å². The number of non-ortho nitro benzene ring substituents is 1. The van der Waals surface area contributed by atoms with Gasteiger partial charge in [-0.2, -0.15) is 0 Å². The van der Waals surface area contributed by atoms with E-state index in [9.17, 15) is 24.8 Å². The summed E-state index contributed by atoms with van der Waals surface area (Å²) in [5.41, 5.74) is 0.0698. The molecular weight excluding hydrogens is 370 g/mol. The van der Waals surface area contributed by atoms with Crippen molar-refractivity contribution < 1.29 is 14.8 Å². The first kappa shape index (κ1) is 18.5. The van der Waals surface area contributed by atoms with E-state index in [0.29, 0.717) is 17.7 Å². The molecule has 0 fully saturated rings. The Labute approximate surface area is 158 Å². The van der Waals surface area contributed by atoms with Crippen LogP contribution < -0.4 is 5.56 Å². The molecule has 0 spiro atoms. The second-order valence-electron chi connectivity index (χ2n) is 5.89. The lowest BCUT2D eigenvalue weighted by atomic mass is 10.2. The molecule has 8 nitrogen and oxygen atoms in total. The smallest absolute Gasteiger partial charge is 0.335 e. The summed E-state index contributed by atoms with van der Waals surface area (Å²) in [4.78, 5) is 34.9. The van der Waals surface area contributed by atoms with Crippen molar-refractivity contribution in [3.05, 3.63) is 73.3 Å². The fraction of sp³-hybridized carbons (Fsp3) is 0.167. The molecule has 0 aliphatic heterocycles. The number of aryl methyl sites for hydroxylation is 1. The Kier molecular flexibility index (Phi) is 4.87. The second kappa shape index (κ2) is 7.12. The van der Waals surface area contributed by atoms with Crippen LogP contribution >= 0.6 is 12.2 Å². The molecular formula is C18H15N3O5S. The van der Waals surface area contributed by atoms with Crippen LogP contribution in [-0.4, -0.2) is 25.1 Å². The molecule has 3 rings (SSSR count). The average Bonchev–Trinajstić information content (AvgIpc) is 2.65. The maximum absolute atomic E-state index is 13.1. The van der Waals surface area contributed by atoms with Gasteiger partial charge in [0.05, 0.1) is 27.1 Å². The van der Waals surface area contributed by atoms with Gasteiger partial charge in [0.15, 0.2) is 4.77 Å². The Balaban J connectivity index is 2.44. The minimum atomic E-state index is -1.13. The molecule has 1 heterocycles. The van der Waals surface area contributed by atoms with Crippen LogP contribution in [0.2, 0.25) is 0 Å². The van der Waals surface area contributed by atoms with Crippen LogP contribution in [0, 0.1) is 14.9 Å². The predicted octanol–water partition coefficient (Wildman–Crippen LogP) is 3.54. The first-order valence-electron chi connectivity index (χ1n) is 8.13. The third-order valence-electron chi connectivity index (χ3n) is 4.14. The number of nitro groups is 1. The van der Waals surface area contributed by atoms with Crippen molar-refractivity contribution in [1.29, 1.82) is 0 Å². The summed E-state index contributed by atoms with van der Waals surface area (Å²) in [7, 11) is 0. The fourth-order valence-corrected chi connectivity index (χ4v) is 3.30. The Morgan fingerprint density at radius 1 is 1.26 bits per heavy atom. The van der Waals surface area contributed by atoms with Crippen LogP contribution in [-0.2, 0) is 6.54 Å². The van der Waals surface area contributed by atoms with Crippen LogP contribution in [0.5, 0.6) is 0 Å². The number of aromatic nitrogens is 2. The number of benzene rings is 2. The SMILES string of the molecule is CCCn1c(=S)n(-c2cccc(C(=O)O)c2)c(=O)c2cc([N+](=O)[O-])ccc21. The molecule has 3 aromatic rings. The Morgan fingerprint density at radius 2 is 2.00 bits per heavy atom. The van der Waals surface area contributed by atoms with Gasteiger partial charge in [-0.25, -0.2) is 4.79 Å². The summed E-state index contributed by atoms with van der Waals surface area (Å²) >= 11 is 5.49. The van der Waals surface area contributed by atoms with Gasteiger partial charge in [0.25, 0.3) is 11.2 Å². The van der Waals surface area contributed by atoms with Gasteiger partial charge >= 0.3 is 5.97 Å². The van der Waals surface area contributed by atoms with Crippen molar-refractivity contribution in [2.75, 3.05) is 0 Å². The third-order valence-corrected chi connectivity index (χ3v) is 4.54. The second-order valence-corrected chi connectivity index (χ2v) is 6.25. The van der Waals surface area contributed by atoms with Crippen LogP contribution in [0.25, 0.3) is 16.6 Å². The van der Waals surface area contributed by atoms with Crippen molar-refractivity contribution in [2.45, 2.75) is 19.9 Å². The van der Waals surface area contributed by atoms with Gasteiger partial charge in [0.2, 0.25) is 0 Å². The molecule has 0 atom stereocenters. The summed E-state index contributed by atoms with van der Waals surface area (Å²) in [5.74, 6) is -1.13. The number of hydrogen-bond acceptors (Lipinski definition) is 5. The van der Waals surface area contributed by atoms with Crippen molar-refractivity contribution in [3.63, 3.8) is 0 Å². The molecule has 0 radical (unpaired) electrons. The summed E-state index contributed by atoms with van der Waals surface area (Å²) in [6.45, 7) is 2.45. The van der Waals surface area contributed by atoms with Gasteiger partial charge in [0, 0.05) is 18.7 Å². The number of aromatic carboxylic acids is 1. The zero-order chi connectivity index (χ0) is 19.7. The summed E-state index contributed by atoms with van der Waals surface area (Å²) < 4.78 is 3.14. The van der Waals surface area contributed by atoms with Gasteiger partial charge in [-0.3, -0.25) is 19.5 Å². The van der Waals surface area contributed by atoms with Crippen LogP contribution in [0.1, 0.15) is 23.7 Å². The van der Waals surface area contributed by atoms with E-state index in [1.165, 1.54) is 41.0 Å². The van der Waals surface area contributed by atoms with E-state index < -0.39 is 16.5 Å². The van der Waals surface area contributed by atoms with E-state index in [2.05, 4.69) is 0 Å². The molecule has 0 aliphatic rings. The minimum Gasteiger partial charge on any atom is -0.478 e. The minimum absolute atomic E-state index is 0.00924. The third kappa shape index (κ3) is 3.24. The highest BCUT2D eigenvalue weighted by Gasteiger charge is 2.16. The number of nitrogens with zero attached hydrogens (tertiary/aromatic N) is 3. The van der Waals surface area contributed by atoms with Gasteiger partial charge in [-0.1, -0.05) is 13.0 Å². The fourth-order valence-electron chi connectivity index (χ4n) is 2.92. The molecule has 0 aliphatic carbocycles. The number of carboxylic acids is 1. The first-order chi connectivity index (χ1) is 12.8. The molecule has 0 saturated carbocycles. The van der Waals surface area contributed by atoms with E-state index in [0.717, 1.165) is 6.42 Å². The van der Waals surface area contributed by atoms with Crippen molar-refractivity contribution in [1.82, 2.24) is 9.13 Å². The number of hydrogen-bond donors (Lipinski definition) is 1. The van der Waals surface area contributed by atoms with Crippen molar-refractivity contribution in [2.24, 2.45) is 0 Å². The highest BCUT2D eigenvalue weighted by Crippen LogP contribution is 2.21. The van der Waals surface area contributed by atoms with Gasteiger partial charge in [-0.05, 0) is 42.9 Å². The molecule has 1 aromatic heterocycles. The monoisotopic (exact) mass is 385 g/mol. The lowest BCUT2D eigenvalue weighted by Gasteiger charge is -2.15. The molecule has 0 unspecified atom stereocenters. The number of carboxylic acid groups (broad SMARTS) is 1. The molecule has 9 heteroatoms. The highest BCUT2D eigenvalue weighted by molar-refractivity contribution is 7.71. The molecule has 2 aromatic carbocycles. The zero-order valence-corrected chi connectivity index (χ0v) is 15.1. The van der Waals surface area contributed by atoms with E-state index in [1.807, 2.05) is 6.92 Å². The van der Waals surface area contributed by atoms with Crippen LogP contribution in [0.4, 0.5) is 5.69 Å². The maximum Gasteiger partial charge on any atom is 0.335 e. The first-order valence-corrected chi connectivity index (χ1v) is 8.53. The predicted molar refractivity (Wildman–Crippen MR) is 102 cm³/mol. The summed E-state index contributed by atoms with van der Waals surface area (Å²) in [6, 6.07) is 9.91. The Hall–Kier alpha value is -3.33. The highest BCUT2D eigenvalue weighted by atomic mass is 32.1. The number of nitro benzene ring substituents is 1. The van der Waals surface area contributed by atoms with E-state index >= 15 is 0 Å². The van der Waals surface area contributed by atoms with Crippen LogP contribution in [0.15, 0.2) is 47.3 Å². The number of rotatable bonds is 5. The largest absolute Gasteiger partial charge is 0.478 e. The number of fused-ring (bicyclic) bond motifs is 1. The summed E-state index contributed by atoms with van der Waals surface area (Å²) in [6.07, 6.45) is 0.730. The van der Waals surface area contributed by atoms with Gasteiger partial charge < -0.3 is 9.67 Å². The standard InChI is InChI=1S/C18H15N3O5S/c1-2-8-19-15-7-6-13(21(25)26)10-14(15)16(22)20(18(19)27)12-5-3-4-11(9-12)17(23)24/h3-7,9-10H,2,8H2,1H3,(H,23,24). The molecule has 0 saturated heterocycles. The van der Waals surface area contributed by atoms with Crippen molar-refractivity contribution >= 4 is 34.8 Å². The maximum atomic E-state index is 13.1. The Bertz CT molecular complexity index is 1200. The average molecular weight is 385 g/mol. The van der Waals surface area contributed by atoms with Crippen molar-refractivity contribution in [3.8, 4) is 5.69 Å². The molecule has 0 bridgehead atoms. The van der Waals surface area contributed by atoms with E-state index in [1.54, 1.807) is 10.6 Å². The zero-order valence-electron chi connectivity index (χ0n) is 14.3. The van der Waals surface area contributed by atoms with Gasteiger partial charge in [-0.15, -0.1) is 0 Å². The Morgan fingerprint density at radius 3 is 2.63 bits per heavy atom. The lowest BCUT2D eigenvalue weighted by Crippen LogP contribution is -2.24. The van der Waals surface area contributed by atoms with E-state index in [-0.39, 0.29) is 21.4 Å². The molecule has 1 N–H and O–H groups in total. The van der Waals surface area contributed by atoms with Gasteiger partial charge in [0.1, 0.15) is 0 Å². The summed E-state index contributed by atoms with van der Waals surface area (Å²) in [5, 5.41) is 20.5. The quantitative estimate of drug-likeness (QED) is 0.409. The topological polar surface area (TPSA) is 107 Å².